The van der Waals surface area contributed by atoms with Crippen LogP contribution >= 0.6 is 11.6 Å². The van der Waals surface area contributed by atoms with Crippen LogP contribution in [0.1, 0.15) is 20.8 Å². The molecule has 0 spiro atoms. The van der Waals surface area contributed by atoms with E-state index in [1.54, 1.807) is 20.8 Å². The third kappa shape index (κ3) is 4.60. The van der Waals surface area contributed by atoms with Gasteiger partial charge in [-0.05, 0) is 20.8 Å². The van der Waals surface area contributed by atoms with E-state index in [4.69, 9.17) is 16.3 Å². The van der Waals surface area contributed by atoms with Gasteiger partial charge in [-0.25, -0.2) is 4.79 Å². The summed E-state index contributed by atoms with van der Waals surface area (Å²) in [6.07, 6.45) is 0.793. The molecule has 1 rings (SSSR count). The topological polar surface area (TPSA) is 64.1 Å². The Kier molecular flexibility index (Phi) is 3.47. The van der Waals surface area contributed by atoms with Crippen LogP contribution in [0.5, 0.6) is 0 Å². The average Bonchev–Trinajstić information content (AvgIpc) is 1.99. The van der Waals surface area contributed by atoms with Crippen LogP contribution in [0, 0.1) is 0 Å². The molecule has 1 amide bonds. The smallest absolute Gasteiger partial charge is 0.413 e. The molecule has 0 aromatic carbocycles. The molecule has 15 heavy (non-hydrogen) atoms. The minimum absolute atomic E-state index is 0.261. The van der Waals surface area contributed by atoms with Crippen molar-refractivity contribution in [3.05, 3.63) is 17.3 Å². The number of hydrogen-bond donors (Lipinski definition) is 1. The Hall–Kier alpha value is -1.36. The fourth-order valence-corrected chi connectivity index (χ4v) is 0.959. The quantitative estimate of drug-likeness (QED) is 0.804. The zero-order valence-electron chi connectivity index (χ0n) is 8.74. The normalized spacial score (nSPS) is 10.9. The number of carbonyl (C=O) groups excluding carboxylic acids is 1. The molecule has 82 valence electrons. The van der Waals surface area contributed by atoms with Gasteiger partial charge in [-0.15, -0.1) is 5.10 Å². The van der Waals surface area contributed by atoms with E-state index in [2.05, 4.69) is 15.5 Å². The molecular weight excluding hydrogens is 218 g/mol. The average molecular weight is 230 g/mol. The first-order valence-electron chi connectivity index (χ1n) is 4.35. The number of halogens is 1. The molecule has 0 bridgehead atoms. The molecule has 0 saturated heterocycles. The zero-order valence-corrected chi connectivity index (χ0v) is 9.50. The van der Waals surface area contributed by atoms with E-state index in [-0.39, 0.29) is 5.82 Å². The van der Waals surface area contributed by atoms with Crippen LogP contribution in [0.3, 0.4) is 0 Å². The van der Waals surface area contributed by atoms with E-state index >= 15 is 0 Å². The second kappa shape index (κ2) is 4.44. The maximum atomic E-state index is 11.3. The fraction of sp³-hybridized carbons (Fsp3) is 0.444. The molecule has 1 aromatic rings. The van der Waals surface area contributed by atoms with Crippen molar-refractivity contribution >= 4 is 23.5 Å². The van der Waals surface area contributed by atoms with E-state index in [0.29, 0.717) is 5.02 Å². The summed E-state index contributed by atoms with van der Waals surface area (Å²) in [7, 11) is 0. The minimum atomic E-state index is -0.584. The van der Waals surface area contributed by atoms with Gasteiger partial charge >= 0.3 is 6.09 Å². The molecule has 0 radical (unpaired) electrons. The predicted molar refractivity (Wildman–Crippen MR) is 56.9 cm³/mol. The van der Waals surface area contributed by atoms with Crippen LogP contribution in [0.2, 0.25) is 5.02 Å². The number of amides is 1. The Labute approximate surface area is 92.8 Å². The summed E-state index contributed by atoms with van der Waals surface area (Å²) in [4.78, 5) is 11.3. The number of rotatable bonds is 1. The lowest BCUT2D eigenvalue weighted by Gasteiger charge is -2.19. The van der Waals surface area contributed by atoms with E-state index in [1.165, 1.54) is 12.3 Å². The molecule has 0 atom stereocenters. The van der Waals surface area contributed by atoms with Gasteiger partial charge in [0.15, 0.2) is 5.82 Å². The van der Waals surface area contributed by atoms with Crippen LogP contribution < -0.4 is 5.32 Å². The van der Waals surface area contributed by atoms with Crippen LogP contribution in [-0.4, -0.2) is 21.9 Å². The number of nitrogens with zero attached hydrogens (tertiary/aromatic N) is 2. The number of nitrogens with one attached hydrogen (secondary N) is 1. The number of aromatic nitrogens is 2. The maximum absolute atomic E-state index is 11.3. The second-order valence-electron chi connectivity index (χ2n) is 3.89. The third-order valence-corrected chi connectivity index (χ3v) is 1.46. The molecule has 1 heterocycles. The van der Waals surface area contributed by atoms with Crippen molar-refractivity contribution in [3.63, 3.8) is 0 Å². The number of carbonyl (C=O) groups is 1. The first-order valence-corrected chi connectivity index (χ1v) is 4.73. The molecule has 0 aliphatic carbocycles. The first-order chi connectivity index (χ1) is 6.87. The lowest BCUT2D eigenvalue weighted by atomic mass is 10.2. The largest absolute Gasteiger partial charge is 0.444 e. The minimum Gasteiger partial charge on any atom is -0.444 e. The summed E-state index contributed by atoms with van der Waals surface area (Å²) in [6, 6.07) is 1.48. The van der Waals surface area contributed by atoms with Gasteiger partial charge in [0.2, 0.25) is 0 Å². The second-order valence-corrected chi connectivity index (χ2v) is 4.32. The Morgan fingerprint density at radius 2 is 2.20 bits per heavy atom. The molecule has 1 aromatic heterocycles. The van der Waals surface area contributed by atoms with Gasteiger partial charge in [-0.3, -0.25) is 5.32 Å². The lowest BCUT2D eigenvalue weighted by molar-refractivity contribution is 0.0635. The van der Waals surface area contributed by atoms with E-state index < -0.39 is 11.7 Å². The maximum Gasteiger partial charge on any atom is 0.413 e. The molecule has 0 unspecified atom stereocenters. The highest BCUT2D eigenvalue weighted by Gasteiger charge is 2.16. The van der Waals surface area contributed by atoms with E-state index in [9.17, 15) is 4.79 Å². The van der Waals surface area contributed by atoms with Crippen molar-refractivity contribution in [3.8, 4) is 0 Å². The first kappa shape index (κ1) is 11.7. The highest BCUT2D eigenvalue weighted by Crippen LogP contribution is 2.12. The van der Waals surface area contributed by atoms with Gasteiger partial charge in [-0.1, -0.05) is 11.6 Å². The van der Waals surface area contributed by atoms with Crippen molar-refractivity contribution in [2.75, 3.05) is 5.32 Å². The Morgan fingerprint density at radius 1 is 1.53 bits per heavy atom. The molecule has 6 heteroatoms. The van der Waals surface area contributed by atoms with Crippen molar-refractivity contribution in [2.24, 2.45) is 0 Å². The highest BCUT2D eigenvalue weighted by atomic mass is 35.5. The SMILES string of the molecule is CC(C)(C)OC(=O)Nc1cc(Cl)cnn1. The van der Waals surface area contributed by atoms with Gasteiger partial charge < -0.3 is 4.74 Å². The predicted octanol–water partition coefficient (Wildman–Crippen LogP) is 2.48. The lowest BCUT2D eigenvalue weighted by Crippen LogP contribution is -2.27. The van der Waals surface area contributed by atoms with Crippen LogP contribution in [0.4, 0.5) is 10.6 Å². The van der Waals surface area contributed by atoms with Crippen molar-refractivity contribution in [1.82, 2.24) is 10.2 Å². The number of anilines is 1. The summed E-state index contributed by atoms with van der Waals surface area (Å²) in [5.74, 6) is 0.261. The number of ether oxygens (including phenoxy) is 1. The van der Waals surface area contributed by atoms with Gasteiger partial charge in [0.25, 0.3) is 0 Å². The van der Waals surface area contributed by atoms with Crippen molar-refractivity contribution in [2.45, 2.75) is 26.4 Å². The Morgan fingerprint density at radius 3 is 2.73 bits per heavy atom. The molecule has 0 aliphatic rings. The Balaban J connectivity index is 2.59. The summed E-state index contributed by atoms with van der Waals surface area (Å²) in [5.41, 5.74) is -0.546. The summed E-state index contributed by atoms with van der Waals surface area (Å²) in [6.45, 7) is 5.32. The van der Waals surface area contributed by atoms with Crippen LogP contribution in [-0.2, 0) is 4.74 Å². The van der Waals surface area contributed by atoms with Crippen molar-refractivity contribution < 1.29 is 9.53 Å². The van der Waals surface area contributed by atoms with E-state index in [1.807, 2.05) is 0 Å². The van der Waals surface area contributed by atoms with Gasteiger partial charge in [-0.2, -0.15) is 5.10 Å². The standard InChI is InChI=1S/C9H12ClN3O2/c1-9(2,3)15-8(14)12-7-4-6(10)5-11-13-7/h4-5H,1-3H3,(H,12,13,14). The molecule has 0 fully saturated rings. The van der Waals surface area contributed by atoms with Crippen LogP contribution in [0.15, 0.2) is 12.3 Å². The van der Waals surface area contributed by atoms with Crippen molar-refractivity contribution in [1.29, 1.82) is 0 Å². The fourth-order valence-electron chi connectivity index (χ4n) is 0.812. The molecule has 5 nitrogen and oxygen atoms in total. The molecule has 1 N–H and O–H groups in total. The van der Waals surface area contributed by atoms with E-state index in [0.717, 1.165) is 0 Å². The van der Waals surface area contributed by atoms with Gasteiger partial charge in [0.1, 0.15) is 5.60 Å². The summed E-state index contributed by atoms with van der Waals surface area (Å²) < 4.78 is 5.02. The highest BCUT2D eigenvalue weighted by molar-refractivity contribution is 6.30. The number of hydrogen-bond acceptors (Lipinski definition) is 4. The zero-order chi connectivity index (χ0) is 11.5. The molecule has 0 aliphatic heterocycles. The Bertz CT molecular complexity index is 363. The van der Waals surface area contributed by atoms with Crippen LogP contribution in [0.25, 0.3) is 0 Å². The molecular formula is C9H12ClN3O2. The molecule has 0 saturated carbocycles. The van der Waals surface area contributed by atoms with Gasteiger partial charge in [0.05, 0.1) is 11.2 Å². The monoisotopic (exact) mass is 229 g/mol. The summed E-state index contributed by atoms with van der Waals surface area (Å²) >= 11 is 5.67. The van der Waals surface area contributed by atoms with Gasteiger partial charge in [0, 0.05) is 6.07 Å². The third-order valence-electron chi connectivity index (χ3n) is 1.25. The summed E-state index contributed by atoms with van der Waals surface area (Å²) in [5, 5.41) is 10.1.